The maximum Gasteiger partial charge on any atom is 0.358 e. The second kappa shape index (κ2) is 8.24. The lowest BCUT2D eigenvalue weighted by Crippen LogP contribution is -2.21. The minimum Gasteiger partial charge on any atom is -0.451 e. The Morgan fingerprint density at radius 2 is 1.76 bits per heavy atom. The summed E-state index contributed by atoms with van der Waals surface area (Å²) in [6, 6.07) is 21.3. The molecule has 0 aliphatic heterocycles. The van der Waals surface area contributed by atoms with Crippen molar-refractivity contribution in [1.82, 2.24) is 4.98 Å². The van der Waals surface area contributed by atoms with Crippen LogP contribution in [-0.4, -0.2) is 23.5 Å². The molecule has 29 heavy (non-hydrogen) atoms. The van der Waals surface area contributed by atoms with Crippen molar-refractivity contribution >= 4 is 39.7 Å². The number of anilines is 1. The molecule has 0 aliphatic carbocycles. The zero-order chi connectivity index (χ0) is 20.2. The predicted octanol–water partition coefficient (Wildman–Crippen LogP) is 5.07. The minimum atomic E-state index is -0.618. The Morgan fingerprint density at radius 3 is 2.59 bits per heavy atom. The quantitative estimate of drug-likeness (QED) is 0.474. The Hall–Kier alpha value is -3.51. The molecular formula is C23H18N2O3S. The maximum absolute atomic E-state index is 12.3. The molecule has 0 fully saturated rings. The van der Waals surface area contributed by atoms with Crippen molar-refractivity contribution in [3.05, 3.63) is 83.4 Å². The van der Waals surface area contributed by atoms with Crippen molar-refractivity contribution in [2.24, 2.45) is 0 Å². The number of rotatable bonds is 5. The van der Waals surface area contributed by atoms with Crippen LogP contribution in [0.4, 0.5) is 5.69 Å². The van der Waals surface area contributed by atoms with E-state index in [9.17, 15) is 9.59 Å². The molecule has 0 unspecified atom stereocenters. The molecule has 0 aliphatic rings. The highest BCUT2D eigenvalue weighted by Gasteiger charge is 2.15. The third-order valence-corrected chi connectivity index (χ3v) is 5.30. The summed E-state index contributed by atoms with van der Waals surface area (Å²) in [5.74, 6) is -1.02. The van der Waals surface area contributed by atoms with Gasteiger partial charge in [-0.2, -0.15) is 0 Å². The number of aryl methyl sites for hydroxylation is 1. The van der Waals surface area contributed by atoms with Crippen LogP contribution in [0.25, 0.3) is 21.3 Å². The van der Waals surface area contributed by atoms with Gasteiger partial charge in [0.05, 0.1) is 0 Å². The fourth-order valence-electron chi connectivity index (χ4n) is 2.92. The first-order valence-corrected chi connectivity index (χ1v) is 9.95. The predicted molar refractivity (Wildman–Crippen MR) is 115 cm³/mol. The van der Waals surface area contributed by atoms with Crippen LogP contribution < -0.4 is 5.32 Å². The summed E-state index contributed by atoms with van der Waals surface area (Å²) in [6.45, 7) is 1.64. The summed E-state index contributed by atoms with van der Waals surface area (Å²) in [5.41, 5.74) is 2.97. The molecule has 0 atom stereocenters. The summed E-state index contributed by atoms with van der Waals surface area (Å²) in [7, 11) is 0. The molecule has 1 N–H and O–H groups in total. The minimum absolute atomic E-state index is 0.198. The number of benzene rings is 3. The van der Waals surface area contributed by atoms with E-state index in [1.54, 1.807) is 5.38 Å². The number of carbonyl (C=O) groups excluding carboxylic acids is 2. The van der Waals surface area contributed by atoms with Crippen LogP contribution >= 0.6 is 11.3 Å². The number of thiazole rings is 1. The molecule has 1 aromatic heterocycles. The molecule has 0 saturated heterocycles. The Bertz CT molecular complexity index is 1180. The molecular weight excluding hydrogens is 384 g/mol. The summed E-state index contributed by atoms with van der Waals surface area (Å²) in [6.07, 6.45) is 0. The molecule has 4 aromatic rings. The first kappa shape index (κ1) is 18.8. The standard InChI is InChI=1S/C23H18N2O3S/c1-15-9-11-17(12-10-15)22-25-20(14-29-22)23(27)28-13-21(26)24-19-8-4-6-16-5-2-3-7-18(16)19/h2-12,14H,13H2,1H3,(H,24,26). The summed E-state index contributed by atoms with van der Waals surface area (Å²) < 4.78 is 5.14. The third-order valence-electron chi connectivity index (χ3n) is 4.41. The van der Waals surface area contributed by atoms with Gasteiger partial charge in [-0.05, 0) is 18.4 Å². The van der Waals surface area contributed by atoms with Gasteiger partial charge in [0.15, 0.2) is 12.3 Å². The average Bonchev–Trinajstić information content (AvgIpc) is 3.23. The highest BCUT2D eigenvalue weighted by Crippen LogP contribution is 2.25. The number of hydrogen-bond acceptors (Lipinski definition) is 5. The van der Waals surface area contributed by atoms with Crippen LogP contribution in [0.3, 0.4) is 0 Å². The van der Waals surface area contributed by atoms with E-state index in [0.717, 1.165) is 26.9 Å². The smallest absolute Gasteiger partial charge is 0.358 e. The highest BCUT2D eigenvalue weighted by atomic mass is 32.1. The van der Waals surface area contributed by atoms with Gasteiger partial charge in [0.2, 0.25) is 0 Å². The molecule has 4 rings (SSSR count). The number of nitrogens with one attached hydrogen (secondary N) is 1. The van der Waals surface area contributed by atoms with Crippen LogP contribution in [0.15, 0.2) is 72.1 Å². The number of aromatic nitrogens is 1. The van der Waals surface area contributed by atoms with Crippen LogP contribution in [0, 0.1) is 6.92 Å². The average molecular weight is 402 g/mol. The van der Waals surface area contributed by atoms with E-state index in [0.29, 0.717) is 5.69 Å². The number of fused-ring (bicyclic) bond motifs is 1. The van der Waals surface area contributed by atoms with E-state index in [2.05, 4.69) is 10.3 Å². The Kier molecular flexibility index (Phi) is 5.35. The lowest BCUT2D eigenvalue weighted by Gasteiger charge is -2.09. The van der Waals surface area contributed by atoms with Crippen LogP contribution in [0.5, 0.6) is 0 Å². The fourth-order valence-corrected chi connectivity index (χ4v) is 3.72. The molecule has 144 valence electrons. The second-order valence-electron chi connectivity index (χ2n) is 6.55. The van der Waals surface area contributed by atoms with Crippen LogP contribution in [0.1, 0.15) is 16.1 Å². The Labute approximate surface area is 172 Å². The molecule has 0 spiro atoms. The van der Waals surface area contributed by atoms with Gasteiger partial charge in [-0.3, -0.25) is 4.79 Å². The van der Waals surface area contributed by atoms with E-state index in [4.69, 9.17) is 4.74 Å². The molecule has 3 aromatic carbocycles. The molecule has 5 nitrogen and oxygen atoms in total. The van der Waals surface area contributed by atoms with Gasteiger partial charge in [-0.1, -0.05) is 66.2 Å². The van der Waals surface area contributed by atoms with Gasteiger partial charge < -0.3 is 10.1 Å². The van der Waals surface area contributed by atoms with Gasteiger partial charge in [-0.15, -0.1) is 11.3 Å². The topological polar surface area (TPSA) is 68.3 Å². The van der Waals surface area contributed by atoms with Crippen molar-refractivity contribution in [2.45, 2.75) is 6.92 Å². The summed E-state index contributed by atoms with van der Waals surface area (Å²) in [5, 5.41) is 7.12. The zero-order valence-electron chi connectivity index (χ0n) is 15.7. The van der Waals surface area contributed by atoms with Gasteiger partial charge >= 0.3 is 5.97 Å². The largest absolute Gasteiger partial charge is 0.451 e. The number of esters is 1. The van der Waals surface area contributed by atoms with Gasteiger partial charge in [0, 0.05) is 22.0 Å². The lowest BCUT2D eigenvalue weighted by molar-refractivity contribution is -0.119. The maximum atomic E-state index is 12.3. The van der Waals surface area contributed by atoms with Gasteiger partial charge in [0.1, 0.15) is 5.01 Å². The molecule has 1 amide bonds. The molecule has 1 heterocycles. The SMILES string of the molecule is Cc1ccc(-c2nc(C(=O)OCC(=O)Nc3cccc4ccccc34)cs2)cc1. The number of amides is 1. The Morgan fingerprint density at radius 1 is 1.00 bits per heavy atom. The van der Waals surface area contributed by atoms with Crippen molar-refractivity contribution < 1.29 is 14.3 Å². The molecule has 0 radical (unpaired) electrons. The van der Waals surface area contributed by atoms with E-state index < -0.39 is 11.9 Å². The molecule has 0 bridgehead atoms. The van der Waals surface area contributed by atoms with Crippen LogP contribution in [0.2, 0.25) is 0 Å². The number of carbonyl (C=O) groups is 2. The zero-order valence-corrected chi connectivity index (χ0v) is 16.5. The van der Waals surface area contributed by atoms with E-state index >= 15 is 0 Å². The van der Waals surface area contributed by atoms with Crippen molar-refractivity contribution in [2.75, 3.05) is 11.9 Å². The number of hydrogen-bond donors (Lipinski definition) is 1. The number of ether oxygens (including phenoxy) is 1. The first-order chi connectivity index (χ1) is 14.1. The number of nitrogens with zero attached hydrogens (tertiary/aromatic N) is 1. The summed E-state index contributed by atoms with van der Waals surface area (Å²) >= 11 is 1.36. The lowest BCUT2D eigenvalue weighted by atomic mass is 10.1. The third kappa shape index (κ3) is 4.33. The first-order valence-electron chi connectivity index (χ1n) is 9.07. The van der Waals surface area contributed by atoms with Crippen molar-refractivity contribution in [3.63, 3.8) is 0 Å². The Balaban J connectivity index is 1.38. The van der Waals surface area contributed by atoms with Gasteiger partial charge in [-0.25, -0.2) is 9.78 Å². The highest BCUT2D eigenvalue weighted by molar-refractivity contribution is 7.13. The van der Waals surface area contributed by atoms with E-state index in [1.807, 2.05) is 73.7 Å². The van der Waals surface area contributed by atoms with E-state index in [1.165, 1.54) is 11.3 Å². The molecule has 0 saturated carbocycles. The van der Waals surface area contributed by atoms with E-state index in [-0.39, 0.29) is 12.3 Å². The molecule has 6 heteroatoms. The van der Waals surface area contributed by atoms with Crippen molar-refractivity contribution in [1.29, 1.82) is 0 Å². The van der Waals surface area contributed by atoms with Crippen LogP contribution in [-0.2, 0) is 9.53 Å². The van der Waals surface area contributed by atoms with Crippen molar-refractivity contribution in [3.8, 4) is 10.6 Å². The normalized spacial score (nSPS) is 10.7. The second-order valence-corrected chi connectivity index (χ2v) is 7.41. The monoisotopic (exact) mass is 402 g/mol. The summed E-state index contributed by atoms with van der Waals surface area (Å²) in [4.78, 5) is 28.8. The fraction of sp³-hybridized carbons (Fsp3) is 0.0870. The van der Waals surface area contributed by atoms with Gasteiger partial charge in [0.25, 0.3) is 5.91 Å².